The zero-order valence-corrected chi connectivity index (χ0v) is 9.08. The first-order chi connectivity index (χ1) is 7.84. The summed E-state index contributed by atoms with van der Waals surface area (Å²) in [6.07, 6.45) is 4.55. The predicted molar refractivity (Wildman–Crippen MR) is 64.1 cm³/mol. The van der Waals surface area contributed by atoms with E-state index in [1.807, 2.05) is 42.5 Å². The molecule has 1 N–H and O–H groups in total. The fourth-order valence-corrected chi connectivity index (χ4v) is 1.75. The third-order valence-corrected chi connectivity index (χ3v) is 2.51. The van der Waals surface area contributed by atoms with E-state index in [9.17, 15) is 5.11 Å². The highest BCUT2D eigenvalue weighted by Gasteiger charge is 2.06. The van der Waals surface area contributed by atoms with Crippen LogP contribution in [0, 0.1) is 0 Å². The van der Waals surface area contributed by atoms with Crippen LogP contribution in [0.3, 0.4) is 0 Å². The molecule has 2 nitrogen and oxygen atoms in total. The standard InChI is InChI=1S/C14H15NO/c16-14(9-12-5-2-1-3-6-12)10-13-7-4-8-15-11-13/h1-8,11,14,16H,9-10H2. The van der Waals surface area contributed by atoms with Crippen LogP contribution < -0.4 is 0 Å². The fraction of sp³-hybridized carbons (Fsp3) is 0.214. The molecule has 1 atom stereocenters. The van der Waals surface area contributed by atoms with Crippen molar-refractivity contribution in [1.82, 2.24) is 4.98 Å². The molecule has 0 aliphatic carbocycles. The van der Waals surface area contributed by atoms with Gasteiger partial charge in [-0.1, -0.05) is 36.4 Å². The van der Waals surface area contributed by atoms with Crippen LogP contribution in [0.15, 0.2) is 54.9 Å². The highest BCUT2D eigenvalue weighted by Crippen LogP contribution is 2.07. The first-order valence-corrected chi connectivity index (χ1v) is 5.45. The quantitative estimate of drug-likeness (QED) is 0.844. The highest BCUT2D eigenvalue weighted by atomic mass is 16.3. The Morgan fingerprint density at radius 3 is 2.31 bits per heavy atom. The van der Waals surface area contributed by atoms with Crippen molar-refractivity contribution in [1.29, 1.82) is 0 Å². The summed E-state index contributed by atoms with van der Waals surface area (Å²) in [6, 6.07) is 13.9. The number of benzene rings is 1. The van der Waals surface area contributed by atoms with Gasteiger partial charge in [0.25, 0.3) is 0 Å². The van der Waals surface area contributed by atoms with Gasteiger partial charge in [-0.15, -0.1) is 0 Å². The SMILES string of the molecule is OC(Cc1ccccc1)Cc1cccnc1. The normalized spacial score (nSPS) is 12.3. The molecule has 1 unspecified atom stereocenters. The lowest BCUT2D eigenvalue weighted by molar-refractivity contribution is 0.175. The van der Waals surface area contributed by atoms with Crippen LogP contribution in [0.5, 0.6) is 0 Å². The van der Waals surface area contributed by atoms with Crippen molar-refractivity contribution in [3.05, 3.63) is 66.0 Å². The van der Waals surface area contributed by atoms with Gasteiger partial charge in [-0.05, 0) is 23.6 Å². The van der Waals surface area contributed by atoms with Crippen LogP contribution >= 0.6 is 0 Å². The third-order valence-electron chi connectivity index (χ3n) is 2.51. The van der Waals surface area contributed by atoms with Gasteiger partial charge < -0.3 is 5.11 Å². The van der Waals surface area contributed by atoms with E-state index in [0.29, 0.717) is 12.8 Å². The van der Waals surface area contributed by atoms with E-state index in [1.165, 1.54) is 5.56 Å². The highest BCUT2D eigenvalue weighted by molar-refractivity contribution is 5.17. The Labute approximate surface area is 95.6 Å². The lowest BCUT2D eigenvalue weighted by Crippen LogP contribution is -2.13. The van der Waals surface area contributed by atoms with E-state index < -0.39 is 0 Å². The van der Waals surface area contributed by atoms with Gasteiger partial charge in [-0.25, -0.2) is 0 Å². The Morgan fingerprint density at radius 2 is 1.62 bits per heavy atom. The summed E-state index contributed by atoms with van der Waals surface area (Å²) in [5.74, 6) is 0. The lowest BCUT2D eigenvalue weighted by atomic mass is 10.0. The van der Waals surface area contributed by atoms with Gasteiger partial charge in [0.1, 0.15) is 0 Å². The van der Waals surface area contributed by atoms with E-state index in [0.717, 1.165) is 5.56 Å². The van der Waals surface area contributed by atoms with Crippen LogP contribution in [0.4, 0.5) is 0 Å². The monoisotopic (exact) mass is 213 g/mol. The second kappa shape index (κ2) is 5.42. The van der Waals surface area contributed by atoms with Crippen LogP contribution in [0.25, 0.3) is 0 Å². The Bertz CT molecular complexity index is 372. The van der Waals surface area contributed by atoms with Gasteiger partial charge in [0.15, 0.2) is 0 Å². The Morgan fingerprint density at radius 1 is 0.938 bits per heavy atom. The van der Waals surface area contributed by atoms with Crippen LogP contribution in [0.2, 0.25) is 0 Å². The second-order valence-electron chi connectivity index (χ2n) is 3.91. The molecule has 0 aliphatic heterocycles. The summed E-state index contributed by atoms with van der Waals surface area (Å²) < 4.78 is 0. The molecular weight excluding hydrogens is 198 g/mol. The Balaban J connectivity index is 1.92. The van der Waals surface area contributed by atoms with Crippen molar-refractivity contribution in [3.8, 4) is 0 Å². The fourth-order valence-electron chi connectivity index (χ4n) is 1.75. The van der Waals surface area contributed by atoms with Gasteiger partial charge in [0.2, 0.25) is 0 Å². The average Bonchev–Trinajstić information content (AvgIpc) is 2.31. The van der Waals surface area contributed by atoms with Crippen molar-refractivity contribution in [2.45, 2.75) is 18.9 Å². The largest absolute Gasteiger partial charge is 0.392 e. The first kappa shape index (κ1) is 10.8. The average molecular weight is 213 g/mol. The molecule has 2 aromatic rings. The molecule has 1 aromatic carbocycles. The number of pyridine rings is 1. The number of rotatable bonds is 4. The summed E-state index contributed by atoms with van der Waals surface area (Å²) in [4.78, 5) is 4.03. The summed E-state index contributed by atoms with van der Waals surface area (Å²) >= 11 is 0. The van der Waals surface area contributed by atoms with Crippen LogP contribution in [0.1, 0.15) is 11.1 Å². The zero-order valence-electron chi connectivity index (χ0n) is 9.08. The van der Waals surface area contributed by atoms with Gasteiger partial charge in [-0.2, -0.15) is 0 Å². The lowest BCUT2D eigenvalue weighted by Gasteiger charge is -2.10. The van der Waals surface area contributed by atoms with Gasteiger partial charge in [0.05, 0.1) is 6.10 Å². The van der Waals surface area contributed by atoms with E-state index in [-0.39, 0.29) is 6.10 Å². The summed E-state index contributed by atoms with van der Waals surface area (Å²) in [7, 11) is 0. The summed E-state index contributed by atoms with van der Waals surface area (Å²) in [5, 5.41) is 9.93. The third kappa shape index (κ3) is 3.17. The van der Waals surface area contributed by atoms with Crippen LogP contribution in [-0.2, 0) is 12.8 Å². The molecule has 0 aliphatic rings. The molecule has 0 saturated heterocycles. The Kier molecular flexibility index (Phi) is 3.67. The minimum absolute atomic E-state index is 0.341. The molecule has 16 heavy (non-hydrogen) atoms. The number of hydrogen-bond donors (Lipinski definition) is 1. The summed E-state index contributed by atoms with van der Waals surface area (Å²) in [5.41, 5.74) is 2.24. The van der Waals surface area contributed by atoms with Crippen molar-refractivity contribution < 1.29 is 5.11 Å². The molecular formula is C14H15NO. The van der Waals surface area contributed by atoms with E-state index in [4.69, 9.17) is 0 Å². The molecule has 2 rings (SSSR count). The Hall–Kier alpha value is -1.67. The molecule has 0 fully saturated rings. The molecule has 0 radical (unpaired) electrons. The number of hydrogen-bond acceptors (Lipinski definition) is 2. The molecule has 1 heterocycles. The molecule has 0 amide bonds. The predicted octanol–water partition coefficient (Wildman–Crippen LogP) is 2.23. The molecule has 0 saturated carbocycles. The van der Waals surface area contributed by atoms with E-state index in [2.05, 4.69) is 4.98 Å². The number of aliphatic hydroxyl groups is 1. The van der Waals surface area contributed by atoms with Crippen LogP contribution in [-0.4, -0.2) is 16.2 Å². The molecule has 2 heteroatoms. The van der Waals surface area contributed by atoms with Crippen molar-refractivity contribution in [2.24, 2.45) is 0 Å². The minimum atomic E-state index is -0.341. The van der Waals surface area contributed by atoms with E-state index >= 15 is 0 Å². The maximum atomic E-state index is 9.93. The molecule has 0 spiro atoms. The zero-order chi connectivity index (χ0) is 11.2. The number of aliphatic hydroxyl groups excluding tert-OH is 1. The van der Waals surface area contributed by atoms with E-state index in [1.54, 1.807) is 12.4 Å². The maximum absolute atomic E-state index is 9.93. The smallest absolute Gasteiger partial charge is 0.0621 e. The minimum Gasteiger partial charge on any atom is -0.392 e. The summed E-state index contributed by atoms with van der Waals surface area (Å²) in [6.45, 7) is 0. The van der Waals surface area contributed by atoms with Crippen molar-refractivity contribution in [2.75, 3.05) is 0 Å². The number of aromatic nitrogens is 1. The first-order valence-electron chi connectivity index (χ1n) is 5.45. The number of nitrogens with zero attached hydrogens (tertiary/aromatic N) is 1. The second-order valence-corrected chi connectivity index (χ2v) is 3.91. The van der Waals surface area contributed by atoms with Crippen molar-refractivity contribution in [3.63, 3.8) is 0 Å². The molecule has 1 aromatic heterocycles. The van der Waals surface area contributed by atoms with Gasteiger partial charge >= 0.3 is 0 Å². The van der Waals surface area contributed by atoms with Gasteiger partial charge in [0, 0.05) is 18.8 Å². The van der Waals surface area contributed by atoms with Crippen molar-refractivity contribution >= 4 is 0 Å². The van der Waals surface area contributed by atoms with Gasteiger partial charge in [-0.3, -0.25) is 4.98 Å². The maximum Gasteiger partial charge on any atom is 0.0621 e. The topological polar surface area (TPSA) is 33.1 Å². The molecule has 0 bridgehead atoms. The molecule has 82 valence electrons.